The number of carbonyl (C=O) groups is 1. The lowest BCUT2D eigenvalue weighted by atomic mass is 9.84. The maximum atomic E-state index is 11.8. The predicted octanol–water partition coefficient (Wildman–Crippen LogP) is 1.15. The molecule has 4 heteroatoms. The molecular weight excluding hydrogens is 204 g/mol. The van der Waals surface area contributed by atoms with Crippen molar-refractivity contribution in [2.75, 3.05) is 26.3 Å². The topological polar surface area (TPSA) is 64.3 Å². The summed E-state index contributed by atoms with van der Waals surface area (Å²) in [7, 11) is 0. The fourth-order valence-electron chi connectivity index (χ4n) is 1.56. The highest BCUT2D eigenvalue weighted by Gasteiger charge is 2.23. The maximum Gasteiger partial charge on any atom is 0.224 e. The number of nitrogens with one attached hydrogen (secondary N) is 1. The van der Waals surface area contributed by atoms with Crippen molar-refractivity contribution in [1.82, 2.24) is 5.32 Å². The van der Waals surface area contributed by atoms with E-state index in [9.17, 15) is 4.79 Å². The van der Waals surface area contributed by atoms with E-state index in [1.807, 2.05) is 6.92 Å². The van der Waals surface area contributed by atoms with Gasteiger partial charge in [-0.2, -0.15) is 0 Å². The summed E-state index contributed by atoms with van der Waals surface area (Å²) in [6, 6.07) is 0. The summed E-state index contributed by atoms with van der Waals surface area (Å²) in [6.45, 7) is 10.5. The lowest BCUT2D eigenvalue weighted by Gasteiger charge is -2.24. The third-order valence-electron chi connectivity index (χ3n) is 2.26. The van der Waals surface area contributed by atoms with Gasteiger partial charge in [-0.1, -0.05) is 20.8 Å². The van der Waals surface area contributed by atoms with Crippen molar-refractivity contribution in [3.8, 4) is 0 Å². The molecule has 1 atom stereocenters. The van der Waals surface area contributed by atoms with Crippen LogP contribution in [0.3, 0.4) is 0 Å². The van der Waals surface area contributed by atoms with Crippen molar-refractivity contribution in [1.29, 1.82) is 0 Å². The SMILES string of the molecule is CCOCCNC(=O)C(CN)CC(C)(C)C. The second-order valence-electron chi connectivity index (χ2n) is 5.19. The maximum absolute atomic E-state index is 11.8. The number of nitrogens with two attached hydrogens (primary N) is 1. The van der Waals surface area contributed by atoms with Gasteiger partial charge >= 0.3 is 0 Å². The first-order valence-corrected chi connectivity index (χ1v) is 5.96. The van der Waals surface area contributed by atoms with Crippen LogP contribution in [-0.4, -0.2) is 32.2 Å². The molecule has 0 saturated carbocycles. The van der Waals surface area contributed by atoms with E-state index in [-0.39, 0.29) is 17.2 Å². The minimum Gasteiger partial charge on any atom is -0.380 e. The second-order valence-corrected chi connectivity index (χ2v) is 5.19. The van der Waals surface area contributed by atoms with Crippen LogP contribution in [0.25, 0.3) is 0 Å². The average Bonchev–Trinajstić information content (AvgIpc) is 2.19. The smallest absolute Gasteiger partial charge is 0.224 e. The van der Waals surface area contributed by atoms with Crippen LogP contribution in [0.1, 0.15) is 34.1 Å². The first-order valence-electron chi connectivity index (χ1n) is 5.96. The zero-order chi connectivity index (χ0) is 12.6. The van der Waals surface area contributed by atoms with Crippen LogP contribution in [0.5, 0.6) is 0 Å². The quantitative estimate of drug-likeness (QED) is 0.645. The molecule has 0 aliphatic rings. The van der Waals surface area contributed by atoms with E-state index < -0.39 is 0 Å². The summed E-state index contributed by atoms with van der Waals surface area (Å²) >= 11 is 0. The number of carbonyl (C=O) groups excluding carboxylic acids is 1. The van der Waals surface area contributed by atoms with Crippen molar-refractivity contribution < 1.29 is 9.53 Å². The Morgan fingerprint density at radius 1 is 1.44 bits per heavy atom. The third kappa shape index (κ3) is 7.65. The van der Waals surface area contributed by atoms with Gasteiger partial charge in [0.25, 0.3) is 0 Å². The van der Waals surface area contributed by atoms with Gasteiger partial charge in [0.15, 0.2) is 0 Å². The first kappa shape index (κ1) is 15.4. The van der Waals surface area contributed by atoms with Crippen LogP contribution in [0, 0.1) is 11.3 Å². The molecule has 1 amide bonds. The van der Waals surface area contributed by atoms with E-state index in [1.165, 1.54) is 0 Å². The van der Waals surface area contributed by atoms with Gasteiger partial charge in [-0.15, -0.1) is 0 Å². The highest BCUT2D eigenvalue weighted by molar-refractivity contribution is 5.78. The largest absolute Gasteiger partial charge is 0.380 e. The van der Waals surface area contributed by atoms with Gasteiger partial charge in [0.1, 0.15) is 0 Å². The van der Waals surface area contributed by atoms with Gasteiger partial charge in [0.05, 0.1) is 12.5 Å². The van der Waals surface area contributed by atoms with Gasteiger partial charge in [0, 0.05) is 19.7 Å². The highest BCUT2D eigenvalue weighted by atomic mass is 16.5. The molecule has 16 heavy (non-hydrogen) atoms. The molecule has 0 aromatic heterocycles. The first-order chi connectivity index (χ1) is 7.40. The molecule has 0 aromatic rings. The van der Waals surface area contributed by atoms with Gasteiger partial charge in [-0.25, -0.2) is 0 Å². The number of rotatable bonds is 7. The van der Waals surface area contributed by atoms with Crippen molar-refractivity contribution in [2.24, 2.45) is 17.1 Å². The Bertz CT molecular complexity index is 200. The van der Waals surface area contributed by atoms with Crippen LogP contribution in [0.15, 0.2) is 0 Å². The minimum absolute atomic E-state index is 0.0390. The fourth-order valence-corrected chi connectivity index (χ4v) is 1.56. The summed E-state index contributed by atoms with van der Waals surface area (Å²) in [4.78, 5) is 11.8. The predicted molar refractivity (Wildman–Crippen MR) is 66.1 cm³/mol. The molecule has 0 fully saturated rings. The van der Waals surface area contributed by atoms with Crippen molar-refractivity contribution in [3.05, 3.63) is 0 Å². The Morgan fingerprint density at radius 3 is 2.50 bits per heavy atom. The number of amides is 1. The van der Waals surface area contributed by atoms with Crippen LogP contribution in [0.2, 0.25) is 0 Å². The molecular formula is C12H26N2O2. The van der Waals surface area contributed by atoms with E-state index in [4.69, 9.17) is 10.5 Å². The van der Waals surface area contributed by atoms with E-state index in [1.54, 1.807) is 0 Å². The number of ether oxygens (including phenoxy) is 1. The zero-order valence-corrected chi connectivity index (χ0v) is 11.0. The normalized spacial score (nSPS) is 13.6. The van der Waals surface area contributed by atoms with Crippen LogP contribution in [0.4, 0.5) is 0 Å². The van der Waals surface area contributed by atoms with Gasteiger partial charge < -0.3 is 15.8 Å². The molecule has 0 bridgehead atoms. The highest BCUT2D eigenvalue weighted by Crippen LogP contribution is 2.23. The molecule has 0 rings (SSSR count). The van der Waals surface area contributed by atoms with E-state index >= 15 is 0 Å². The summed E-state index contributed by atoms with van der Waals surface area (Å²) < 4.78 is 5.15. The van der Waals surface area contributed by atoms with Crippen molar-refractivity contribution >= 4 is 5.91 Å². The Balaban J connectivity index is 3.92. The van der Waals surface area contributed by atoms with E-state index in [0.717, 1.165) is 6.42 Å². The molecule has 0 heterocycles. The number of hydrogen-bond acceptors (Lipinski definition) is 3. The standard InChI is InChI=1S/C12H26N2O2/c1-5-16-7-6-14-11(15)10(9-13)8-12(2,3)4/h10H,5-9,13H2,1-4H3,(H,14,15). The molecule has 3 N–H and O–H groups in total. The molecule has 0 aliphatic carbocycles. The lowest BCUT2D eigenvalue weighted by Crippen LogP contribution is -2.38. The molecule has 0 spiro atoms. The zero-order valence-electron chi connectivity index (χ0n) is 11.0. The molecule has 0 aromatic carbocycles. The van der Waals surface area contributed by atoms with E-state index in [0.29, 0.717) is 26.3 Å². The van der Waals surface area contributed by atoms with Gasteiger partial charge in [-0.3, -0.25) is 4.79 Å². The Hall–Kier alpha value is -0.610. The Kier molecular flexibility index (Phi) is 7.34. The molecule has 0 aliphatic heterocycles. The fraction of sp³-hybridized carbons (Fsp3) is 0.917. The van der Waals surface area contributed by atoms with Crippen LogP contribution < -0.4 is 11.1 Å². The van der Waals surface area contributed by atoms with Crippen LogP contribution in [-0.2, 0) is 9.53 Å². The Labute approximate surface area is 98.9 Å². The van der Waals surface area contributed by atoms with Gasteiger partial charge in [-0.05, 0) is 18.8 Å². The summed E-state index contributed by atoms with van der Waals surface area (Å²) in [5.74, 6) is -0.0567. The number of hydrogen-bond donors (Lipinski definition) is 2. The van der Waals surface area contributed by atoms with E-state index in [2.05, 4.69) is 26.1 Å². The summed E-state index contributed by atoms with van der Waals surface area (Å²) in [5, 5.41) is 2.85. The second kappa shape index (κ2) is 7.63. The molecule has 0 radical (unpaired) electrons. The average molecular weight is 230 g/mol. The molecule has 96 valence electrons. The van der Waals surface area contributed by atoms with Gasteiger partial charge in [0.2, 0.25) is 5.91 Å². The molecule has 4 nitrogen and oxygen atoms in total. The third-order valence-corrected chi connectivity index (χ3v) is 2.26. The van der Waals surface area contributed by atoms with Crippen LogP contribution >= 0.6 is 0 Å². The lowest BCUT2D eigenvalue weighted by molar-refractivity contribution is -0.125. The Morgan fingerprint density at radius 2 is 2.06 bits per heavy atom. The van der Waals surface area contributed by atoms with Crippen molar-refractivity contribution in [2.45, 2.75) is 34.1 Å². The minimum atomic E-state index is -0.0957. The van der Waals surface area contributed by atoms with Crippen molar-refractivity contribution in [3.63, 3.8) is 0 Å². The monoisotopic (exact) mass is 230 g/mol. The summed E-state index contributed by atoms with van der Waals surface area (Å²) in [5.41, 5.74) is 5.75. The summed E-state index contributed by atoms with van der Waals surface area (Å²) in [6.07, 6.45) is 0.809. The molecule has 0 saturated heterocycles. The molecule has 1 unspecified atom stereocenters.